The molecule has 230 valence electrons. The monoisotopic (exact) mass is 630 g/mol. The van der Waals surface area contributed by atoms with Crippen molar-refractivity contribution in [1.29, 1.82) is 0 Å². The molecule has 5 rings (SSSR count). The average Bonchev–Trinajstić information content (AvgIpc) is 3.46. The number of anilines is 1. The van der Waals surface area contributed by atoms with Gasteiger partial charge in [0, 0.05) is 18.6 Å². The van der Waals surface area contributed by atoms with Crippen LogP contribution in [0, 0.1) is 11.6 Å². The van der Waals surface area contributed by atoms with Crippen LogP contribution in [0.2, 0.25) is 5.02 Å². The first kappa shape index (κ1) is 31.3. The van der Waals surface area contributed by atoms with Gasteiger partial charge in [-0.1, -0.05) is 48.5 Å². The lowest BCUT2D eigenvalue weighted by Crippen LogP contribution is -2.22. The summed E-state index contributed by atoms with van der Waals surface area (Å²) in [6.45, 7) is 8.20. The number of aromatic carboxylic acids is 1. The predicted molar refractivity (Wildman–Crippen MR) is 168 cm³/mol. The van der Waals surface area contributed by atoms with Gasteiger partial charge in [-0.05, 0) is 67.4 Å². The van der Waals surface area contributed by atoms with Crippen LogP contribution in [0.25, 0.3) is 11.3 Å². The maximum absolute atomic E-state index is 13.8. The van der Waals surface area contributed by atoms with Gasteiger partial charge in [0.1, 0.15) is 5.56 Å². The molecule has 0 bridgehead atoms. The number of amides is 1. The third-order valence-corrected chi connectivity index (χ3v) is 7.59. The smallest absolute Gasteiger partial charge is 0.335 e. The molecular weight excluding hydrogens is 602 g/mol. The Morgan fingerprint density at radius 3 is 2.42 bits per heavy atom. The van der Waals surface area contributed by atoms with E-state index in [4.69, 9.17) is 16.6 Å². The van der Waals surface area contributed by atoms with Crippen LogP contribution < -0.4 is 16.0 Å². The first-order valence-electron chi connectivity index (χ1n) is 13.9. The molecule has 1 unspecified atom stereocenters. The fraction of sp³-hybridized carbons (Fsp3) is 0.152. The number of hydrogen-bond donors (Lipinski definition) is 4. The number of fused-ring (bicyclic) bond motifs is 1. The Morgan fingerprint density at radius 2 is 1.73 bits per heavy atom. The Bertz CT molecular complexity index is 1910. The summed E-state index contributed by atoms with van der Waals surface area (Å²) in [5.41, 5.74) is 3.94. The fourth-order valence-corrected chi connectivity index (χ4v) is 4.87. The van der Waals surface area contributed by atoms with Gasteiger partial charge in [-0.15, -0.1) is 0 Å². The van der Waals surface area contributed by atoms with Crippen LogP contribution in [-0.2, 0) is 6.54 Å². The SMILES string of the molecule is C=C(N[C@@H](C)c1ccc(C(=O)O)cc1)c1cc(C(C)NCc2ccc(F)c(F)c2)nc2c(C(=O)Nc3ccccc3Cl)cnn12. The van der Waals surface area contributed by atoms with Gasteiger partial charge in [0.05, 0.1) is 39.6 Å². The molecule has 0 fully saturated rings. The van der Waals surface area contributed by atoms with Gasteiger partial charge >= 0.3 is 5.97 Å². The number of carbonyl (C=O) groups excluding carboxylic acids is 1. The second kappa shape index (κ2) is 13.2. The van der Waals surface area contributed by atoms with Gasteiger partial charge in [-0.2, -0.15) is 5.10 Å². The quantitative estimate of drug-likeness (QED) is 0.127. The van der Waals surface area contributed by atoms with Crippen molar-refractivity contribution in [1.82, 2.24) is 25.2 Å². The summed E-state index contributed by atoms with van der Waals surface area (Å²) < 4.78 is 28.7. The van der Waals surface area contributed by atoms with E-state index in [1.54, 1.807) is 42.5 Å². The second-order valence-corrected chi connectivity index (χ2v) is 10.8. The van der Waals surface area contributed by atoms with Crippen molar-refractivity contribution in [3.05, 3.63) is 136 Å². The molecule has 0 aliphatic carbocycles. The van der Waals surface area contributed by atoms with Crippen molar-refractivity contribution in [3.63, 3.8) is 0 Å². The van der Waals surface area contributed by atoms with Gasteiger partial charge in [-0.25, -0.2) is 23.1 Å². The minimum Gasteiger partial charge on any atom is -0.478 e. The Labute approximate surface area is 262 Å². The number of aromatic nitrogens is 3. The maximum atomic E-state index is 13.8. The molecule has 4 N–H and O–H groups in total. The number of carboxylic acid groups (broad SMARTS) is 1. The number of halogens is 3. The van der Waals surface area contributed by atoms with E-state index in [2.05, 4.69) is 27.6 Å². The molecule has 0 aliphatic heterocycles. The molecule has 2 heterocycles. The second-order valence-electron chi connectivity index (χ2n) is 10.4. The Morgan fingerprint density at radius 1 is 1.00 bits per heavy atom. The first-order valence-corrected chi connectivity index (χ1v) is 14.3. The summed E-state index contributed by atoms with van der Waals surface area (Å²) in [5, 5.41) is 23.4. The summed E-state index contributed by atoms with van der Waals surface area (Å²) in [4.78, 5) is 29.4. The molecule has 0 aliphatic rings. The molecule has 0 spiro atoms. The van der Waals surface area contributed by atoms with Crippen molar-refractivity contribution in [3.8, 4) is 0 Å². The first-order chi connectivity index (χ1) is 21.5. The summed E-state index contributed by atoms with van der Waals surface area (Å²) in [7, 11) is 0. The number of carbonyl (C=O) groups is 2. The van der Waals surface area contributed by atoms with Crippen LogP contribution in [0.15, 0.2) is 85.6 Å². The molecule has 0 saturated carbocycles. The normalized spacial score (nSPS) is 12.5. The minimum absolute atomic E-state index is 0.175. The van der Waals surface area contributed by atoms with E-state index in [0.717, 1.165) is 17.7 Å². The maximum Gasteiger partial charge on any atom is 0.335 e. The largest absolute Gasteiger partial charge is 0.478 e. The average molecular weight is 631 g/mol. The van der Waals surface area contributed by atoms with Crippen molar-refractivity contribution < 1.29 is 23.5 Å². The van der Waals surface area contributed by atoms with E-state index in [-0.39, 0.29) is 29.4 Å². The Hall–Kier alpha value is -5.13. The topological polar surface area (TPSA) is 121 Å². The molecule has 12 heteroatoms. The van der Waals surface area contributed by atoms with E-state index < -0.39 is 29.6 Å². The molecular formula is C33H29ClF2N6O3. The number of para-hydroxylation sites is 1. The number of nitrogens with zero attached hydrogens (tertiary/aromatic N) is 3. The highest BCUT2D eigenvalue weighted by Gasteiger charge is 2.22. The van der Waals surface area contributed by atoms with E-state index in [9.17, 15) is 23.5 Å². The zero-order valence-corrected chi connectivity index (χ0v) is 25.1. The Balaban J connectivity index is 1.47. The molecule has 1 amide bonds. The molecule has 2 atom stereocenters. The highest BCUT2D eigenvalue weighted by atomic mass is 35.5. The summed E-state index contributed by atoms with van der Waals surface area (Å²) >= 11 is 6.26. The summed E-state index contributed by atoms with van der Waals surface area (Å²) in [6.07, 6.45) is 1.41. The molecule has 45 heavy (non-hydrogen) atoms. The van der Waals surface area contributed by atoms with Gasteiger partial charge in [0.25, 0.3) is 5.91 Å². The lowest BCUT2D eigenvalue weighted by Gasteiger charge is -2.20. The number of nitrogens with one attached hydrogen (secondary N) is 3. The highest BCUT2D eigenvalue weighted by Crippen LogP contribution is 2.26. The Kier molecular flexibility index (Phi) is 9.21. The van der Waals surface area contributed by atoms with E-state index >= 15 is 0 Å². The van der Waals surface area contributed by atoms with Crippen LogP contribution in [0.5, 0.6) is 0 Å². The highest BCUT2D eigenvalue weighted by molar-refractivity contribution is 6.34. The molecule has 2 aromatic heterocycles. The van der Waals surface area contributed by atoms with Crippen LogP contribution in [0.1, 0.15) is 69.2 Å². The van der Waals surface area contributed by atoms with Crippen LogP contribution >= 0.6 is 11.6 Å². The number of carboxylic acids is 1. The number of hydrogen-bond acceptors (Lipinski definition) is 6. The van der Waals surface area contributed by atoms with Gasteiger partial charge in [0.15, 0.2) is 17.3 Å². The van der Waals surface area contributed by atoms with E-state index in [1.165, 1.54) is 28.9 Å². The lowest BCUT2D eigenvalue weighted by molar-refractivity contribution is 0.0696. The molecule has 3 aromatic carbocycles. The zero-order chi connectivity index (χ0) is 32.2. The lowest BCUT2D eigenvalue weighted by atomic mass is 10.1. The molecule has 0 radical (unpaired) electrons. The third-order valence-electron chi connectivity index (χ3n) is 7.26. The van der Waals surface area contributed by atoms with Crippen molar-refractivity contribution in [2.45, 2.75) is 32.5 Å². The molecule has 5 aromatic rings. The van der Waals surface area contributed by atoms with E-state index in [1.807, 2.05) is 13.8 Å². The summed E-state index contributed by atoms with van der Waals surface area (Å²) in [5.74, 6) is -3.35. The van der Waals surface area contributed by atoms with Gasteiger partial charge < -0.3 is 21.1 Å². The van der Waals surface area contributed by atoms with Crippen LogP contribution in [0.4, 0.5) is 14.5 Å². The molecule has 0 saturated heterocycles. The zero-order valence-electron chi connectivity index (χ0n) is 24.3. The van der Waals surface area contributed by atoms with Gasteiger partial charge in [0.2, 0.25) is 0 Å². The van der Waals surface area contributed by atoms with Crippen LogP contribution in [0.3, 0.4) is 0 Å². The van der Waals surface area contributed by atoms with Crippen molar-refractivity contribution in [2.75, 3.05) is 5.32 Å². The van der Waals surface area contributed by atoms with E-state index in [0.29, 0.717) is 33.4 Å². The third kappa shape index (κ3) is 7.00. The van der Waals surface area contributed by atoms with Crippen molar-refractivity contribution >= 4 is 40.5 Å². The predicted octanol–water partition coefficient (Wildman–Crippen LogP) is 6.78. The number of rotatable bonds is 11. The molecule has 9 nitrogen and oxygen atoms in total. The summed E-state index contributed by atoms with van der Waals surface area (Å²) in [6, 6.07) is 18.1. The minimum atomic E-state index is -1.02. The standard InChI is InChI=1S/C33H29ClF2N6O3/c1-18(22-9-11-23(12-10-22)33(44)45)39-20(3)30-15-29(19(2)37-16-21-8-13-26(35)27(36)14-21)40-31-24(17-38-42(30)31)32(43)41-28-7-5-4-6-25(28)34/h4-15,17-19,37,39H,3,16H2,1-2H3,(H,41,43)(H,44,45)/t18-,19?/m0/s1. The number of benzene rings is 3. The van der Waals surface area contributed by atoms with Gasteiger partial charge in [-0.3, -0.25) is 4.79 Å². The van der Waals surface area contributed by atoms with Crippen molar-refractivity contribution in [2.24, 2.45) is 0 Å². The fourth-order valence-electron chi connectivity index (χ4n) is 4.69. The van der Waals surface area contributed by atoms with Crippen LogP contribution in [-0.4, -0.2) is 31.6 Å².